The summed E-state index contributed by atoms with van der Waals surface area (Å²) in [6, 6.07) is 21.3. The first-order valence-electron chi connectivity index (χ1n) is 6.94. The third-order valence-electron chi connectivity index (χ3n) is 3.49. The molecular formula is C17H22OSi. The molecule has 0 amide bonds. The highest BCUT2D eigenvalue weighted by Crippen LogP contribution is 2.07. The number of hydrogen-bond acceptors (Lipinski definition) is 1. The second kappa shape index (κ2) is 6.69. The van der Waals surface area contributed by atoms with Crippen molar-refractivity contribution in [3.63, 3.8) is 0 Å². The average molecular weight is 270 g/mol. The van der Waals surface area contributed by atoms with Crippen LogP contribution in [0.3, 0.4) is 0 Å². The first kappa shape index (κ1) is 14.0. The summed E-state index contributed by atoms with van der Waals surface area (Å²) in [5.74, 6) is 0.544. The van der Waals surface area contributed by atoms with Crippen LogP contribution in [0.5, 0.6) is 0 Å². The zero-order valence-electron chi connectivity index (χ0n) is 11.9. The summed E-state index contributed by atoms with van der Waals surface area (Å²) >= 11 is 0. The Morgan fingerprint density at radius 1 is 0.737 bits per heavy atom. The van der Waals surface area contributed by atoms with Crippen molar-refractivity contribution in [3.8, 4) is 0 Å². The van der Waals surface area contributed by atoms with E-state index >= 15 is 0 Å². The molecule has 2 aromatic carbocycles. The number of hydrogen-bond donors (Lipinski definition) is 0. The van der Waals surface area contributed by atoms with Crippen LogP contribution in [-0.2, 0) is 4.43 Å². The van der Waals surface area contributed by atoms with E-state index in [-0.39, 0.29) is 6.10 Å². The minimum atomic E-state index is -1.56. The largest absolute Gasteiger partial charge is 0.408 e. The smallest absolute Gasteiger partial charge is 0.240 e. The van der Waals surface area contributed by atoms with Crippen molar-refractivity contribution in [1.29, 1.82) is 0 Å². The summed E-state index contributed by atoms with van der Waals surface area (Å²) in [4.78, 5) is 0. The highest BCUT2D eigenvalue weighted by atomic mass is 28.3. The maximum Gasteiger partial charge on any atom is 0.240 e. The summed E-state index contributed by atoms with van der Waals surface area (Å²) in [6.45, 7) is 6.61. The van der Waals surface area contributed by atoms with Crippen molar-refractivity contribution < 1.29 is 4.43 Å². The monoisotopic (exact) mass is 270 g/mol. The topological polar surface area (TPSA) is 9.23 Å². The minimum Gasteiger partial charge on any atom is -0.408 e. The van der Waals surface area contributed by atoms with Gasteiger partial charge in [0.1, 0.15) is 0 Å². The molecule has 1 atom stereocenters. The predicted molar refractivity (Wildman–Crippen MR) is 84.7 cm³/mol. The Bertz CT molecular complexity index is 442. The molecule has 0 aliphatic heterocycles. The summed E-state index contributed by atoms with van der Waals surface area (Å²) < 4.78 is 6.42. The molecule has 2 heteroatoms. The molecule has 0 saturated heterocycles. The maximum absolute atomic E-state index is 6.42. The van der Waals surface area contributed by atoms with Gasteiger partial charge >= 0.3 is 0 Å². The van der Waals surface area contributed by atoms with Crippen LogP contribution in [0.2, 0.25) is 0 Å². The Balaban J connectivity index is 2.29. The van der Waals surface area contributed by atoms with Gasteiger partial charge in [-0.3, -0.25) is 0 Å². The zero-order chi connectivity index (χ0) is 13.7. The maximum atomic E-state index is 6.42. The van der Waals surface area contributed by atoms with E-state index in [1.165, 1.54) is 10.4 Å². The molecule has 0 aliphatic rings. The van der Waals surface area contributed by atoms with E-state index in [1.54, 1.807) is 0 Å². The Kier molecular flexibility index (Phi) is 4.94. The van der Waals surface area contributed by atoms with Gasteiger partial charge in [0.05, 0.1) is 0 Å². The molecule has 0 fully saturated rings. The average Bonchev–Trinajstić information content (AvgIpc) is 2.46. The van der Waals surface area contributed by atoms with Gasteiger partial charge in [-0.1, -0.05) is 74.5 Å². The van der Waals surface area contributed by atoms with Crippen LogP contribution < -0.4 is 10.4 Å². The van der Waals surface area contributed by atoms with Gasteiger partial charge in [-0.15, -0.1) is 0 Å². The van der Waals surface area contributed by atoms with Crippen molar-refractivity contribution in [1.82, 2.24) is 0 Å². The summed E-state index contributed by atoms with van der Waals surface area (Å²) in [5, 5.41) is 2.70. The molecular weight excluding hydrogens is 248 g/mol. The molecule has 2 aromatic rings. The van der Waals surface area contributed by atoms with E-state index in [0.717, 1.165) is 0 Å². The van der Waals surface area contributed by atoms with Gasteiger partial charge in [-0.05, 0) is 23.2 Å². The fourth-order valence-corrected chi connectivity index (χ4v) is 4.56. The number of benzene rings is 2. The van der Waals surface area contributed by atoms with Crippen molar-refractivity contribution in [2.45, 2.75) is 26.9 Å². The molecule has 0 bridgehead atoms. The summed E-state index contributed by atoms with van der Waals surface area (Å²) in [5.41, 5.74) is 0. The highest BCUT2D eigenvalue weighted by Gasteiger charge is 2.21. The van der Waals surface area contributed by atoms with Gasteiger partial charge in [0.25, 0.3) is 0 Å². The van der Waals surface area contributed by atoms with E-state index < -0.39 is 9.04 Å². The van der Waals surface area contributed by atoms with E-state index in [9.17, 15) is 0 Å². The Hall–Kier alpha value is -1.38. The molecule has 0 radical (unpaired) electrons. The Labute approximate surface area is 118 Å². The summed E-state index contributed by atoms with van der Waals surface area (Å²) in [7, 11) is -1.56. The molecule has 0 aromatic heterocycles. The van der Waals surface area contributed by atoms with E-state index in [0.29, 0.717) is 5.92 Å². The lowest BCUT2D eigenvalue weighted by Gasteiger charge is -2.24. The molecule has 0 spiro atoms. The van der Waals surface area contributed by atoms with Gasteiger partial charge in [0.2, 0.25) is 9.04 Å². The molecule has 2 rings (SSSR count). The summed E-state index contributed by atoms with van der Waals surface area (Å²) in [6.07, 6.45) is 0.289. The SMILES string of the molecule is CC(C)[C@H](C)O[SiH](c1ccccc1)c1ccccc1. The fraction of sp³-hybridized carbons (Fsp3) is 0.294. The van der Waals surface area contributed by atoms with Crippen molar-refractivity contribution in [3.05, 3.63) is 60.7 Å². The quantitative estimate of drug-likeness (QED) is 0.759. The first-order chi connectivity index (χ1) is 9.18. The van der Waals surface area contributed by atoms with Crippen LogP contribution in [0.4, 0.5) is 0 Å². The molecule has 0 heterocycles. The molecule has 0 N–H and O–H groups in total. The van der Waals surface area contributed by atoms with Crippen LogP contribution in [-0.4, -0.2) is 15.1 Å². The van der Waals surface area contributed by atoms with Crippen LogP contribution >= 0.6 is 0 Å². The second-order valence-electron chi connectivity index (χ2n) is 5.29. The number of rotatable bonds is 5. The normalized spacial score (nSPS) is 12.9. The van der Waals surface area contributed by atoms with Crippen LogP contribution in [0.15, 0.2) is 60.7 Å². The van der Waals surface area contributed by atoms with Gasteiger partial charge in [0, 0.05) is 6.10 Å². The molecule has 1 nitrogen and oxygen atoms in total. The standard InChI is InChI=1S/C17H22OSi/c1-14(2)15(3)18-19(16-10-6-4-7-11-16)17-12-8-5-9-13-17/h4-15,19H,1-3H3/t15-/m0/s1. The Morgan fingerprint density at radius 3 is 1.53 bits per heavy atom. The van der Waals surface area contributed by atoms with Gasteiger partial charge in [-0.2, -0.15) is 0 Å². The van der Waals surface area contributed by atoms with Gasteiger partial charge in [-0.25, -0.2) is 0 Å². The van der Waals surface area contributed by atoms with E-state index in [4.69, 9.17) is 4.43 Å². The van der Waals surface area contributed by atoms with Crippen LogP contribution in [0, 0.1) is 5.92 Å². The molecule has 0 saturated carbocycles. The minimum absolute atomic E-state index is 0.289. The Morgan fingerprint density at radius 2 is 1.16 bits per heavy atom. The van der Waals surface area contributed by atoms with Crippen LogP contribution in [0.25, 0.3) is 0 Å². The van der Waals surface area contributed by atoms with Gasteiger partial charge in [0.15, 0.2) is 0 Å². The third kappa shape index (κ3) is 3.79. The van der Waals surface area contributed by atoms with Crippen molar-refractivity contribution in [2.24, 2.45) is 5.92 Å². The van der Waals surface area contributed by atoms with Crippen molar-refractivity contribution >= 4 is 19.4 Å². The first-order valence-corrected chi connectivity index (χ1v) is 8.56. The molecule has 100 valence electrons. The lowest BCUT2D eigenvalue weighted by Crippen LogP contribution is -2.47. The second-order valence-corrected chi connectivity index (χ2v) is 7.65. The lowest BCUT2D eigenvalue weighted by molar-refractivity contribution is 0.177. The molecule has 0 unspecified atom stereocenters. The zero-order valence-corrected chi connectivity index (χ0v) is 13.1. The van der Waals surface area contributed by atoms with Crippen LogP contribution in [0.1, 0.15) is 20.8 Å². The highest BCUT2D eigenvalue weighted by molar-refractivity contribution is 6.80. The van der Waals surface area contributed by atoms with Gasteiger partial charge < -0.3 is 4.43 Å². The lowest BCUT2D eigenvalue weighted by atomic mass is 10.1. The molecule has 19 heavy (non-hydrogen) atoms. The van der Waals surface area contributed by atoms with E-state index in [2.05, 4.69) is 81.4 Å². The predicted octanol–water partition coefficient (Wildman–Crippen LogP) is 2.59. The van der Waals surface area contributed by atoms with Crippen molar-refractivity contribution in [2.75, 3.05) is 0 Å². The molecule has 0 aliphatic carbocycles. The van der Waals surface area contributed by atoms with E-state index in [1.807, 2.05) is 0 Å². The third-order valence-corrected chi connectivity index (χ3v) is 6.18. The fourth-order valence-electron chi connectivity index (χ4n) is 1.98.